The molecule has 0 aromatic carbocycles. The van der Waals surface area contributed by atoms with E-state index in [4.69, 9.17) is 4.74 Å². The molecule has 0 spiro atoms. The van der Waals surface area contributed by atoms with Gasteiger partial charge >= 0.3 is 0 Å². The first-order chi connectivity index (χ1) is 9.47. The van der Waals surface area contributed by atoms with Gasteiger partial charge in [-0.05, 0) is 19.4 Å². The van der Waals surface area contributed by atoms with Gasteiger partial charge in [-0.15, -0.1) is 0 Å². The van der Waals surface area contributed by atoms with Crippen LogP contribution in [0.3, 0.4) is 0 Å². The van der Waals surface area contributed by atoms with Crippen molar-refractivity contribution in [2.45, 2.75) is 27.3 Å². The first-order valence-electron chi connectivity index (χ1n) is 6.87. The van der Waals surface area contributed by atoms with Crippen molar-refractivity contribution in [3.05, 3.63) is 23.7 Å². The van der Waals surface area contributed by atoms with Crippen LogP contribution < -0.4 is 10.1 Å². The van der Waals surface area contributed by atoms with E-state index in [1.165, 1.54) is 0 Å². The molecular weight excluding hydrogens is 254 g/mol. The zero-order valence-electron chi connectivity index (χ0n) is 12.8. The Morgan fingerprint density at radius 3 is 2.70 bits per heavy atom. The number of aromatic nitrogens is 4. The Balaban J connectivity index is 2.14. The smallest absolute Gasteiger partial charge is 0.222 e. The summed E-state index contributed by atoms with van der Waals surface area (Å²) in [5.74, 6) is 2.11. The summed E-state index contributed by atoms with van der Waals surface area (Å²) >= 11 is 0. The molecule has 110 valence electrons. The Labute approximate surface area is 119 Å². The molecular formula is C14H23N5O. The summed E-state index contributed by atoms with van der Waals surface area (Å²) in [6, 6.07) is 0. The van der Waals surface area contributed by atoms with Gasteiger partial charge in [-0.2, -0.15) is 10.2 Å². The second-order valence-corrected chi connectivity index (χ2v) is 5.47. The third-order valence-corrected chi connectivity index (χ3v) is 3.04. The van der Waals surface area contributed by atoms with Crippen molar-refractivity contribution in [1.29, 1.82) is 0 Å². The lowest BCUT2D eigenvalue weighted by Crippen LogP contribution is -2.19. The van der Waals surface area contributed by atoms with Gasteiger partial charge < -0.3 is 10.1 Å². The molecule has 0 aliphatic heterocycles. The molecule has 0 saturated heterocycles. The third kappa shape index (κ3) is 3.39. The molecule has 2 rings (SSSR count). The average Bonchev–Trinajstić information content (AvgIpc) is 2.87. The van der Waals surface area contributed by atoms with Gasteiger partial charge in [0.2, 0.25) is 5.88 Å². The maximum absolute atomic E-state index is 5.92. The largest absolute Gasteiger partial charge is 0.436 e. The van der Waals surface area contributed by atoms with E-state index < -0.39 is 0 Å². The quantitative estimate of drug-likeness (QED) is 0.877. The Morgan fingerprint density at radius 2 is 2.10 bits per heavy atom. The fourth-order valence-electron chi connectivity index (χ4n) is 2.06. The van der Waals surface area contributed by atoms with Crippen LogP contribution in [0.15, 0.2) is 12.4 Å². The third-order valence-electron chi connectivity index (χ3n) is 3.04. The van der Waals surface area contributed by atoms with Crippen LogP contribution >= 0.6 is 0 Å². The van der Waals surface area contributed by atoms with Crippen molar-refractivity contribution < 1.29 is 4.74 Å². The molecule has 6 nitrogen and oxygen atoms in total. The van der Waals surface area contributed by atoms with Crippen LogP contribution in [0.1, 0.15) is 25.1 Å². The van der Waals surface area contributed by atoms with Crippen molar-refractivity contribution >= 4 is 0 Å². The normalized spacial score (nSPS) is 11.3. The lowest BCUT2D eigenvalue weighted by molar-refractivity contribution is 0.422. The summed E-state index contributed by atoms with van der Waals surface area (Å²) in [4.78, 5) is 0. The number of nitrogens with zero attached hydrogens (tertiary/aromatic N) is 4. The molecule has 6 heteroatoms. The van der Waals surface area contributed by atoms with E-state index in [1.807, 2.05) is 27.2 Å². The minimum atomic E-state index is 0.620. The molecule has 2 aromatic heterocycles. The highest BCUT2D eigenvalue weighted by atomic mass is 16.5. The summed E-state index contributed by atoms with van der Waals surface area (Å²) in [5.41, 5.74) is 2.08. The molecule has 2 aromatic rings. The van der Waals surface area contributed by atoms with E-state index in [0.29, 0.717) is 5.92 Å². The molecule has 0 aliphatic rings. The second-order valence-electron chi connectivity index (χ2n) is 5.47. The number of rotatable bonds is 6. The Morgan fingerprint density at radius 1 is 1.35 bits per heavy atom. The van der Waals surface area contributed by atoms with E-state index in [1.54, 1.807) is 15.6 Å². The maximum Gasteiger partial charge on any atom is 0.222 e. The monoisotopic (exact) mass is 277 g/mol. The highest BCUT2D eigenvalue weighted by Gasteiger charge is 2.15. The van der Waals surface area contributed by atoms with E-state index in [0.717, 1.165) is 36.0 Å². The van der Waals surface area contributed by atoms with Crippen LogP contribution in [0.4, 0.5) is 0 Å². The molecule has 0 atom stereocenters. The van der Waals surface area contributed by atoms with Crippen LogP contribution in [0, 0.1) is 12.8 Å². The SMILES string of the molecule is Cc1nn(C)c(Oc2cnn(C)c2)c1CNCC(C)C. The number of hydrogen-bond acceptors (Lipinski definition) is 4. The van der Waals surface area contributed by atoms with Crippen LogP contribution in [0.5, 0.6) is 11.6 Å². The molecule has 20 heavy (non-hydrogen) atoms. The zero-order valence-corrected chi connectivity index (χ0v) is 12.8. The van der Waals surface area contributed by atoms with Crippen molar-refractivity contribution in [3.63, 3.8) is 0 Å². The first-order valence-corrected chi connectivity index (χ1v) is 6.87. The predicted octanol–water partition coefficient (Wildman–Crippen LogP) is 2.00. The number of nitrogens with one attached hydrogen (secondary N) is 1. The molecule has 0 saturated carbocycles. The standard InChI is InChI=1S/C14H23N5O/c1-10(2)6-15-8-13-11(3)17-19(5)14(13)20-12-7-16-18(4)9-12/h7,9-10,15H,6,8H2,1-5H3. The van der Waals surface area contributed by atoms with Gasteiger partial charge in [0.1, 0.15) is 0 Å². The summed E-state index contributed by atoms with van der Waals surface area (Å²) in [6.07, 6.45) is 3.54. The van der Waals surface area contributed by atoms with Gasteiger partial charge in [-0.1, -0.05) is 13.8 Å². The van der Waals surface area contributed by atoms with Gasteiger partial charge in [0.25, 0.3) is 0 Å². The van der Waals surface area contributed by atoms with Crippen LogP contribution in [0.2, 0.25) is 0 Å². The predicted molar refractivity (Wildman–Crippen MR) is 77.8 cm³/mol. The summed E-state index contributed by atoms with van der Waals surface area (Å²) in [5, 5.41) is 12.0. The number of ether oxygens (including phenoxy) is 1. The van der Waals surface area contributed by atoms with Gasteiger partial charge in [-0.3, -0.25) is 4.68 Å². The zero-order chi connectivity index (χ0) is 14.7. The van der Waals surface area contributed by atoms with Gasteiger partial charge in [-0.25, -0.2) is 4.68 Å². The van der Waals surface area contributed by atoms with Crippen LogP contribution in [-0.4, -0.2) is 26.1 Å². The van der Waals surface area contributed by atoms with E-state index in [2.05, 4.69) is 29.4 Å². The lowest BCUT2D eigenvalue weighted by atomic mass is 10.2. The van der Waals surface area contributed by atoms with Crippen LogP contribution in [-0.2, 0) is 20.6 Å². The second kappa shape index (κ2) is 6.09. The Bertz CT molecular complexity index is 570. The van der Waals surface area contributed by atoms with Gasteiger partial charge in [0, 0.05) is 20.6 Å². The maximum atomic E-state index is 5.92. The van der Waals surface area contributed by atoms with Gasteiger partial charge in [0.15, 0.2) is 5.75 Å². The minimum Gasteiger partial charge on any atom is -0.436 e. The average molecular weight is 277 g/mol. The minimum absolute atomic E-state index is 0.620. The van der Waals surface area contributed by atoms with Gasteiger partial charge in [0.05, 0.1) is 23.7 Å². The Kier molecular flexibility index (Phi) is 4.44. The van der Waals surface area contributed by atoms with E-state index in [9.17, 15) is 0 Å². The van der Waals surface area contributed by atoms with E-state index in [-0.39, 0.29) is 0 Å². The molecule has 0 unspecified atom stereocenters. The summed E-state index contributed by atoms with van der Waals surface area (Å²) in [7, 11) is 3.76. The molecule has 2 heterocycles. The lowest BCUT2D eigenvalue weighted by Gasteiger charge is -2.09. The highest BCUT2D eigenvalue weighted by Crippen LogP contribution is 2.26. The van der Waals surface area contributed by atoms with E-state index >= 15 is 0 Å². The summed E-state index contributed by atoms with van der Waals surface area (Å²) in [6.45, 7) is 8.11. The number of aryl methyl sites for hydroxylation is 3. The van der Waals surface area contributed by atoms with Crippen molar-refractivity contribution in [3.8, 4) is 11.6 Å². The Hall–Kier alpha value is -1.82. The van der Waals surface area contributed by atoms with Crippen LogP contribution in [0.25, 0.3) is 0 Å². The van der Waals surface area contributed by atoms with Crippen molar-refractivity contribution in [1.82, 2.24) is 24.9 Å². The number of hydrogen-bond donors (Lipinski definition) is 1. The molecule has 0 bridgehead atoms. The molecule has 0 amide bonds. The topological polar surface area (TPSA) is 56.9 Å². The first kappa shape index (κ1) is 14.6. The van der Waals surface area contributed by atoms with Crippen molar-refractivity contribution in [2.24, 2.45) is 20.0 Å². The fourth-order valence-corrected chi connectivity index (χ4v) is 2.06. The highest BCUT2D eigenvalue weighted by molar-refractivity contribution is 5.34. The molecule has 1 N–H and O–H groups in total. The molecule has 0 fully saturated rings. The molecule has 0 radical (unpaired) electrons. The molecule has 0 aliphatic carbocycles. The summed E-state index contributed by atoms with van der Waals surface area (Å²) < 4.78 is 9.41. The fraction of sp³-hybridized carbons (Fsp3) is 0.571. The van der Waals surface area contributed by atoms with Crippen molar-refractivity contribution in [2.75, 3.05) is 6.54 Å².